The molecule has 210 valence electrons. The molecular weight excluding hydrogens is 516 g/mol. The number of carbonyl (C=O) groups excluding carboxylic acids is 3. The largest absolute Gasteiger partial charge is 0.508 e. The predicted octanol–water partition coefficient (Wildman–Crippen LogP) is 1.28. The lowest BCUT2D eigenvalue weighted by molar-refractivity contribution is -0.153. The zero-order valence-corrected chi connectivity index (χ0v) is 22.6. The summed E-state index contributed by atoms with van der Waals surface area (Å²) in [5.41, 5.74) is 10.3. The third kappa shape index (κ3) is 3.61. The molecule has 11 heteroatoms. The van der Waals surface area contributed by atoms with Gasteiger partial charge in [0.1, 0.15) is 22.8 Å². The third-order valence-corrected chi connectivity index (χ3v) is 8.38. The van der Waals surface area contributed by atoms with Crippen molar-refractivity contribution >= 4 is 34.6 Å². The molecule has 40 heavy (non-hydrogen) atoms. The Morgan fingerprint density at radius 3 is 2.33 bits per heavy atom. The van der Waals surface area contributed by atoms with Crippen LogP contribution in [-0.4, -0.2) is 82.6 Å². The number of aliphatic hydroxyl groups excluding tert-OH is 2. The molecule has 5 rings (SSSR count). The summed E-state index contributed by atoms with van der Waals surface area (Å²) in [4.78, 5) is 42.8. The summed E-state index contributed by atoms with van der Waals surface area (Å²) in [6.45, 7) is 0. The van der Waals surface area contributed by atoms with Gasteiger partial charge in [0.15, 0.2) is 11.4 Å². The van der Waals surface area contributed by atoms with Gasteiger partial charge in [0.2, 0.25) is 5.78 Å². The van der Waals surface area contributed by atoms with Crippen LogP contribution in [0.5, 0.6) is 5.75 Å². The molecule has 4 atom stereocenters. The van der Waals surface area contributed by atoms with Crippen molar-refractivity contribution in [3.8, 4) is 16.9 Å². The molecule has 0 spiro atoms. The number of primary amides is 1. The number of phenolic OH excluding ortho intramolecular Hbond substituents is 1. The number of anilines is 2. The molecule has 11 nitrogen and oxygen atoms in total. The van der Waals surface area contributed by atoms with Crippen LogP contribution in [0.25, 0.3) is 16.9 Å². The van der Waals surface area contributed by atoms with Crippen molar-refractivity contribution in [1.82, 2.24) is 4.90 Å². The number of nitrogens with two attached hydrogens (primary N) is 2. The Labute approximate surface area is 230 Å². The number of nitrogens with zero attached hydrogens (tertiary/aromatic N) is 2. The molecule has 0 heterocycles. The van der Waals surface area contributed by atoms with E-state index >= 15 is 0 Å². The van der Waals surface area contributed by atoms with Gasteiger partial charge in [-0.25, -0.2) is 0 Å². The Morgan fingerprint density at radius 2 is 1.75 bits per heavy atom. The first-order valence-corrected chi connectivity index (χ1v) is 12.8. The maximum atomic E-state index is 14.1. The average molecular weight is 549 g/mol. The normalized spacial score (nSPS) is 26.0. The van der Waals surface area contributed by atoms with Gasteiger partial charge >= 0.3 is 0 Å². The molecule has 3 aliphatic rings. The van der Waals surface area contributed by atoms with Gasteiger partial charge in [-0.05, 0) is 62.2 Å². The highest BCUT2D eigenvalue weighted by molar-refractivity contribution is 6.24. The second kappa shape index (κ2) is 9.10. The Kier molecular flexibility index (Phi) is 6.20. The van der Waals surface area contributed by atoms with E-state index in [2.05, 4.69) is 0 Å². The highest BCUT2D eigenvalue weighted by atomic mass is 16.3. The number of likely N-dealkylation sites (N-methyl/N-ethyl adjacent to an activating group) is 1. The highest BCUT2D eigenvalue weighted by Gasteiger charge is 2.64. The predicted molar refractivity (Wildman–Crippen MR) is 148 cm³/mol. The van der Waals surface area contributed by atoms with E-state index in [9.17, 15) is 34.8 Å². The fourth-order valence-electron chi connectivity index (χ4n) is 6.62. The third-order valence-electron chi connectivity index (χ3n) is 8.38. The van der Waals surface area contributed by atoms with E-state index in [1.165, 1.54) is 4.90 Å². The van der Waals surface area contributed by atoms with Crippen molar-refractivity contribution in [2.45, 2.75) is 24.5 Å². The van der Waals surface area contributed by atoms with Gasteiger partial charge in [-0.1, -0.05) is 12.1 Å². The summed E-state index contributed by atoms with van der Waals surface area (Å²) in [5.74, 6) is -6.83. The van der Waals surface area contributed by atoms with Gasteiger partial charge in [-0.15, -0.1) is 0 Å². The average Bonchev–Trinajstić information content (AvgIpc) is 2.85. The molecule has 1 saturated carbocycles. The minimum absolute atomic E-state index is 0.0242. The monoisotopic (exact) mass is 548 g/mol. The molecule has 0 radical (unpaired) electrons. The zero-order valence-electron chi connectivity index (χ0n) is 22.6. The number of rotatable bonds is 4. The number of amides is 1. The first kappa shape index (κ1) is 27.2. The Hall–Kier alpha value is -4.35. The van der Waals surface area contributed by atoms with Crippen molar-refractivity contribution in [3.63, 3.8) is 0 Å². The molecule has 2 aromatic carbocycles. The molecule has 0 aliphatic heterocycles. The molecule has 0 aromatic heterocycles. The van der Waals surface area contributed by atoms with Crippen LogP contribution >= 0.6 is 0 Å². The molecule has 8 N–H and O–H groups in total. The molecule has 0 saturated heterocycles. The number of fused-ring (bicyclic) bond motifs is 3. The van der Waals surface area contributed by atoms with E-state index in [0.717, 1.165) is 0 Å². The number of hydrogen-bond acceptors (Lipinski definition) is 10. The van der Waals surface area contributed by atoms with E-state index in [1.807, 2.05) is 19.0 Å². The van der Waals surface area contributed by atoms with E-state index in [0.29, 0.717) is 28.1 Å². The van der Waals surface area contributed by atoms with E-state index in [-0.39, 0.29) is 29.7 Å². The standard InChI is InChI=1S/C29H32N4O7/c1-32(2)18-11-15(12-6-5-7-14(30)8-12)23(34)20-16(18)9-13-10-17-22(33(3)4)25(36)21(28(31)39)27(38)29(17,40)26(37)19(13)24(20)35/h5-8,11,13,17,22,34-35,38,40H,9-10,30H2,1-4H3,(H2,31,39)/t13-,17-,22-,29-/m1/s1. The number of ketones is 2. The number of hydrogen-bond donors (Lipinski definition) is 6. The summed E-state index contributed by atoms with van der Waals surface area (Å²) in [7, 11) is 6.75. The van der Waals surface area contributed by atoms with Crippen molar-refractivity contribution in [1.29, 1.82) is 0 Å². The zero-order chi connectivity index (χ0) is 29.4. The lowest BCUT2D eigenvalue weighted by Crippen LogP contribution is -2.65. The van der Waals surface area contributed by atoms with Gasteiger partial charge in [0.25, 0.3) is 5.91 Å². The van der Waals surface area contributed by atoms with Crippen LogP contribution in [0, 0.1) is 11.8 Å². The second-order valence-corrected chi connectivity index (χ2v) is 11.1. The van der Waals surface area contributed by atoms with Crippen molar-refractivity contribution in [3.05, 3.63) is 58.4 Å². The van der Waals surface area contributed by atoms with Crippen molar-refractivity contribution in [2.24, 2.45) is 17.6 Å². The van der Waals surface area contributed by atoms with Crippen molar-refractivity contribution < 1.29 is 34.8 Å². The summed E-state index contributed by atoms with van der Waals surface area (Å²) >= 11 is 0. The van der Waals surface area contributed by atoms with Gasteiger partial charge < -0.3 is 36.8 Å². The maximum Gasteiger partial charge on any atom is 0.255 e. The highest BCUT2D eigenvalue weighted by Crippen LogP contribution is 2.54. The number of Topliss-reactive ketones (excluding diaryl/α,β-unsaturated/α-hetero) is 2. The van der Waals surface area contributed by atoms with Gasteiger partial charge in [-0.2, -0.15) is 0 Å². The number of benzene rings is 2. The Morgan fingerprint density at radius 1 is 1.07 bits per heavy atom. The molecule has 0 bridgehead atoms. The minimum Gasteiger partial charge on any atom is -0.508 e. The van der Waals surface area contributed by atoms with Crippen LogP contribution in [0.1, 0.15) is 17.5 Å². The maximum absolute atomic E-state index is 14.1. The smallest absolute Gasteiger partial charge is 0.255 e. The van der Waals surface area contributed by atoms with Crippen LogP contribution in [0.4, 0.5) is 11.4 Å². The van der Waals surface area contributed by atoms with Crippen molar-refractivity contribution in [2.75, 3.05) is 38.8 Å². The summed E-state index contributed by atoms with van der Waals surface area (Å²) < 4.78 is 0. The quantitative estimate of drug-likeness (QED) is 0.240. The molecule has 1 fully saturated rings. The minimum atomic E-state index is -2.68. The van der Waals surface area contributed by atoms with Crippen LogP contribution < -0.4 is 16.4 Å². The topological polar surface area (TPSA) is 191 Å². The summed E-state index contributed by atoms with van der Waals surface area (Å²) in [5, 5.41) is 45.8. The van der Waals surface area contributed by atoms with Crippen LogP contribution in [0.3, 0.4) is 0 Å². The van der Waals surface area contributed by atoms with E-state index in [1.54, 1.807) is 44.4 Å². The first-order valence-electron chi connectivity index (χ1n) is 12.8. The van der Waals surface area contributed by atoms with Gasteiger partial charge in [0.05, 0.1) is 11.6 Å². The number of nitrogen functional groups attached to an aromatic ring is 1. The summed E-state index contributed by atoms with van der Waals surface area (Å²) in [6.07, 6.45) is 0.225. The molecular formula is C29H32N4O7. The lowest BCUT2D eigenvalue weighted by atomic mass is 9.57. The van der Waals surface area contributed by atoms with Crippen LogP contribution in [0.15, 0.2) is 47.2 Å². The van der Waals surface area contributed by atoms with Crippen LogP contribution in [0.2, 0.25) is 0 Å². The number of aromatic hydroxyl groups is 1. The van der Waals surface area contributed by atoms with Gasteiger partial charge in [-0.3, -0.25) is 19.3 Å². The number of carbonyl (C=O) groups is 3. The Bertz CT molecular complexity index is 1560. The molecule has 2 aromatic rings. The lowest BCUT2D eigenvalue weighted by Gasteiger charge is -2.50. The van der Waals surface area contributed by atoms with E-state index < -0.39 is 58.0 Å². The SMILES string of the molecule is CN(C)c1cc(-c2cccc(N)c2)c(O)c2c1C[C@@H]1C[C@@H]3[C@@H](N(C)C)C(=O)C(C(N)=O)=C(O)[C@]3(O)C(=O)C1=C2O. The molecule has 3 aliphatic carbocycles. The van der Waals surface area contributed by atoms with E-state index in [4.69, 9.17) is 11.5 Å². The second-order valence-electron chi connectivity index (χ2n) is 11.1. The van der Waals surface area contributed by atoms with Gasteiger partial charge in [0, 0.05) is 42.5 Å². The van der Waals surface area contributed by atoms with Crippen LogP contribution in [-0.2, 0) is 20.8 Å². The number of phenols is 1. The molecule has 1 amide bonds. The fourth-order valence-corrected chi connectivity index (χ4v) is 6.62. The first-order chi connectivity index (χ1) is 18.7. The molecule has 0 unspecified atom stereocenters. The number of aliphatic hydroxyl groups is 3. The Balaban J connectivity index is 1.78. The summed E-state index contributed by atoms with van der Waals surface area (Å²) in [6, 6.07) is 7.49. The fraction of sp³-hybridized carbons (Fsp3) is 0.345.